The van der Waals surface area contributed by atoms with E-state index in [0.717, 1.165) is 57.8 Å². The molecule has 14 heteroatoms. The minimum atomic E-state index is -5.15. The van der Waals surface area contributed by atoms with E-state index in [1.807, 2.05) is 0 Å². The van der Waals surface area contributed by atoms with E-state index in [0.29, 0.717) is 12.8 Å². The van der Waals surface area contributed by atoms with Crippen LogP contribution in [0.5, 0.6) is 0 Å². The molecule has 8 unspecified atom stereocenters. The zero-order valence-corrected chi connectivity index (χ0v) is 34.2. The van der Waals surface area contributed by atoms with Crippen LogP contribution < -0.4 is 5.32 Å². The van der Waals surface area contributed by atoms with Gasteiger partial charge in [0.15, 0.2) is 0 Å². The van der Waals surface area contributed by atoms with E-state index in [9.17, 15) is 50.0 Å². The molecule has 1 aliphatic carbocycles. The predicted molar refractivity (Wildman–Crippen MR) is 215 cm³/mol. The number of hydrogen-bond donors (Lipinski definition) is 9. The Morgan fingerprint density at radius 3 is 1.75 bits per heavy atom. The van der Waals surface area contributed by atoms with Crippen LogP contribution >= 0.6 is 7.82 Å². The molecule has 1 fully saturated rings. The lowest BCUT2D eigenvalue weighted by Crippen LogP contribution is -2.64. The highest BCUT2D eigenvalue weighted by Gasteiger charge is 2.51. The SMILES string of the molecule is CCCCC/C=C\C=C/CCCCCCC(O)CC(=O)NC(COP(=O)(O)OC1C(O)C(O)C(O)C(O)C1O)C(O)/C=C/CC/C=C/CCCCCCCC. The van der Waals surface area contributed by atoms with Crippen molar-refractivity contribution in [2.75, 3.05) is 6.61 Å². The summed E-state index contributed by atoms with van der Waals surface area (Å²) >= 11 is 0. The van der Waals surface area contributed by atoms with Crippen LogP contribution in [0.4, 0.5) is 0 Å². The summed E-state index contributed by atoms with van der Waals surface area (Å²) in [4.78, 5) is 23.3. The summed E-state index contributed by atoms with van der Waals surface area (Å²) in [6.07, 6.45) is 20.7. The van der Waals surface area contributed by atoms with Crippen molar-refractivity contribution in [1.29, 1.82) is 0 Å². The van der Waals surface area contributed by atoms with Gasteiger partial charge in [-0.15, -0.1) is 0 Å². The number of carbonyl (C=O) groups is 1. The Kier molecular flexibility index (Phi) is 29.2. The van der Waals surface area contributed by atoms with Crippen molar-refractivity contribution < 1.29 is 59.0 Å². The first-order valence-corrected chi connectivity index (χ1v) is 22.2. The van der Waals surface area contributed by atoms with Crippen molar-refractivity contribution in [2.45, 2.75) is 197 Å². The minimum absolute atomic E-state index is 0.268. The summed E-state index contributed by atoms with van der Waals surface area (Å²) < 4.78 is 22.7. The Hall–Kier alpha value is -1.74. The van der Waals surface area contributed by atoms with E-state index in [1.54, 1.807) is 6.08 Å². The lowest BCUT2D eigenvalue weighted by Gasteiger charge is -2.41. The van der Waals surface area contributed by atoms with Crippen molar-refractivity contribution in [2.24, 2.45) is 0 Å². The molecule has 0 heterocycles. The highest BCUT2D eigenvalue weighted by molar-refractivity contribution is 7.47. The maximum absolute atomic E-state index is 12.9. The Balaban J connectivity index is 2.67. The van der Waals surface area contributed by atoms with Crippen molar-refractivity contribution in [3.8, 4) is 0 Å². The summed E-state index contributed by atoms with van der Waals surface area (Å²) in [6.45, 7) is 3.63. The summed E-state index contributed by atoms with van der Waals surface area (Å²) in [5.74, 6) is -0.619. The van der Waals surface area contributed by atoms with E-state index in [1.165, 1.54) is 57.4 Å². The minimum Gasteiger partial charge on any atom is -0.393 e. The maximum atomic E-state index is 12.9. The quantitative estimate of drug-likeness (QED) is 0.0176. The van der Waals surface area contributed by atoms with Crippen molar-refractivity contribution in [1.82, 2.24) is 5.32 Å². The fourth-order valence-corrected chi connectivity index (χ4v) is 7.15. The van der Waals surface area contributed by atoms with Gasteiger partial charge in [0.2, 0.25) is 5.91 Å². The van der Waals surface area contributed by atoms with Gasteiger partial charge in [-0.25, -0.2) is 4.57 Å². The topological polar surface area (TPSA) is 226 Å². The van der Waals surface area contributed by atoms with Crippen LogP contribution in [0.15, 0.2) is 48.6 Å². The Morgan fingerprint density at radius 2 is 1.13 bits per heavy atom. The van der Waals surface area contributed by atoms with E-state index in [-0.39, 0.29) is 6.42 Å². The fraction of sp³-hybridized carbons (Fsp3) is 0.780. The number of allylic oxidation sites excluding steroid dienone is 7. The lowest BCUT2D eigenvalue weighted by atomic mass is 9.85. The van der Waals surface area contributed by atoms with Crippen molar-refractivity contribution >= 4 is 13.7 Å². The largest absolute Gasteiger partial charge is 0.472 e. The number of aliphatic hydroxyl groups excluding tert-OH is 7. The summed E-state index contributed by atoms with van der Waals surface area (Å²) in [7, 11) is -5.15. The van der Waals surface area contributed by atoms with E-state index >= 15 is 0 Å². The van der Waals surface area contributed by atoms with Gasteiger partial charge in [-0.05, 0) is 57.8 Å². The second-order valence-electron chi connectivity index (χ2n) is 14.7. The molecule has 0 spiro atoms. The van der Waals surface area contributed by atoms with Gasteiger partial charge in [-0.2, -0.15) is 0 Å². The number of amides is 1. The van der Waals surface area contributed by atoms with Crippen LogP contribution in [0, 0.1) is 0 Å². The zero-order chi connectivity index (χ0) is 40.9. The van der Waals surface area contributed by atoms with Crippen molar-refractivity contribution in [3.05, 3.63) is 48.6 Å². The average molecular weight is 804 g/mol. The monoisotopic (exact) mass is 803 g/mol. The van der Waals surface area contributed by atoms with Gasteiger partial charge in [-0.1, -0.05) is 127 Å². The molecule has 0 bridgehead atoms. The second-order valence-corrected chi connectivity index (χ2v) is 16.1. The summed E-state index contributed by atoms with van der Waals surface area (Å²) in [6, 6.07) is -1.26. The molecular weight excluding hydrogens is 729 g/mol. The number of rotatable bonds is 32. The number of phosphoric acid groups is 1. The normalized spacial score (nSPS) is 24.9. The first-order valence-electron chi connectivity index (χ1n) is 20.7. The second kappa shape index (κ2) is 31.3. The molecule has 1 saturated carbocycles. The summed E-state index contributed by atoms with van der Waals surface area (Å²) in [5.41, 5.74) is 0. The molecule has 8 atom stereocenters. The molecule has 1 aliphatic rings. The van der Waals surface area contributed by atoms with Gasteiger partial charge in [-0.3, -0.25) is 13.8 Å². The maximum Gasteiger partial charge on any atom is 0.472 e. The summed E-state index contributed by atoms with van der Waals surface area (Å²) in [5, 5.41) is 74.1. The number of hydrogen-bond acceptors (Lipinski definition) is 11. The van der Waals surface area contributed by atoms with Gasteiger partial charge < -0.3 is 46.0 Å². The lowest BCUT2D eigenvalue weighted by molar-refractivity contribution is -0.220. The predicted octanol–water partition coefficient (Wildman–Crippen LogP) is 5.58. The van der Waals surface area contributed by atoms with Crippen molar-refractivity contribution in [3.63, 3.8) is 0 Å². The van der Waals surface area contributed by atoms with E-state index < -0.39 is 75.2 Å². The molecule has 9 N–H and O–H groups in total. The average Bonchev–Trinajstić information content (AvgIpc) is 3.15. The molecule has 55 heavy (non-hydrogen) atoms. The molecule has 0 aromatic rings. The Morgan fingerprint density at radius 1 is 0.655 bits per heavy atom. The number of aliphatic hydroxyl groups is 7. The molecule has 0 saturated heterocycles. The first-order chi connectivity index (χ1) is 26.3. The molecule has 0 radical (unpaired) electrons. The molecule has 0 aliphatic heterocycles. The third kappa shape index (κ3) is 23.9. The molecule has 0 aromatic heterocycles. The van der Waals surface area contributed by atoms with Gasteiger partial charge in [0.1, 0.15) is 36.6 Å². The first kappa shape index (κ1) is 51.3. The molecule has 13 nitrogen and oxygen atoms in total. The van der Waals surface area contributed by atoms with Crippen LogP contribution in [0.3, 0.4) is 0 Å². The van der Waals surface area contributed by atoms with Crippen LogP contribution in [0.1, 0.15) is 142 Å². The number of unbranched alkanes of at least 4 members (excludes halogenated alkanes) is 14. The molecular formula is C41H74NO12P. The third-order valence-electron chi connectivity index (χ3n) is 9.66. The molecule has 320 valence electrons. The number of nitrogens with one attached hydrogen (secondary N) is 1. The fourth-order valence-electron chi connectivity index (χ4n) is 6.19. The van der Waals surface area contributed by atoms with Crippen LogP contribution in [-0.2, 0) is 18.4 Å². The molecule has 1 rings (SSSR count). The standard InChI is InChI=1S/C41H74NO12P/c1-3-5-7-9-11-13-15-17-18-20-22-24-26-28-32(43)30-35(45)42-33(34(44)29-27-25-23-21-19-16-14-12-10-8-6-4-2)31-53-55(51,52)54-41-39(49)37(47)36(46)38(48)40(41)50/h11,13,15,17,19,21,27,29,32-34,36-41,43-44,46-50H,3-10,12,14,16,18,20,22-26,28,30-31H2,1-2H3,(H,42,45)(H,51,52)/b13-11-,17-15-,21-19+,29-27+. The Bertz CT molecular complexity index is 1130. The molecule has 1 amide bonds. The molecule has 0 aromatic carbocycles. The third-order valence-corrected chi connectivity index (χ3v) is 10.6. The number of phosphoric ester groups is 1. The van der Waals surface area contributed by atoms with Gasteiger partial charge in [0, 0.05) is 0 Å². The number of carbonyl (C=O) groups excluding carboxylic acids is 1. The van der Waals surface area contributed by atoms with E-state index in [4.69, 9.17) is 9.05 Å². The van der Waals surface area contributed by atoms with Crippen LogP contribution in [0.2, 0.25) is 0 Å². The smallest absolute Gasteiger partial charge is 0.393 e. The Labute approximate surface area is 329 Å². The van der Waals surface area contributed by atoms with E-state index in [2.05, 4.69) is 55.6 Å². The van der Waals surface area contributed by atoms with Crippen LogP contribution in [-0.4, -0.2) is 108 Å². The van der Waals surface area contributed by atoms with Crippen LogP contribution in [0.25, 0.3) is 0 Å². The van der Waals surface area contributed by atoms with Gasteiger partial charge >= 0.3 is 7.82 Å². The highest BCUT2D eigenvalue weighted by Crippen LogP contribution is 2.47. The highest BCUT2D eigenvalue weighted by atomic mass is 31.2. The zero-order valence-electron chi connectivity index (χ0n) is 33.3. The van der Waals surface area contributed by atoms with Gasteiger partial charge in [0.25, 0.3) is 0 Å². The van der Waals surface area contributed by atoms with Gasteiger partial charge in [0.05, 0.1) is 31.3 Å².